The number of piperidine rings is 1. The topological polar surface area (TPSA) is 83.6 Å². The van der Waals surface area contributed by atoms with E-state index >= 15 is 0 Å². The first-order chi connectivity index (χ1) is 6.66. The molecule has 0 aliphatic carbocycles. The van der Waals surface area contributed by atoms with Gasteiger partial charge >= 0.3 is 5.97 Å². The van der Waals surface area contributed by atoms with Gasteiger partial charge in [-0.25, -0.2) is 4.79 Å². The summed E-state index contributed by atoms with van der Waals surface area (Å²) < 4.78 is 0. The number of carbonyl (C=O) groups is 2. The van der Waals surface area contributed by atoms with Gasteiger partial charge in [-0.15, -0.1) is 0 Å². The van der Waals surface area contributed by atoms with Gasteiger partial charge in [0.05, 0.1) is 0 Å². The van der Waals surface area contributed by atoms with Gasteiger partial charge in [0.15, 0.2) is 0 Å². The SMILES string of the molecule is NCCC(=O)N1CCCCC1C(=O)O. The second-order valence-corrected chi connectivity index (χ2v) is 3.48. The van der Waals surface area contributed by atoms with E-state index in [9.17, 15) is 9.59 Å². The van der Waals surface area contributed by atoms with Crippen LogP contribution in [0.2, 0.25) is 0 Å². The van der Waals surface area contributed by atoms with Crippen LogP contribution in [-0.4, -0.2) is 41.0 Å². The molecule has 1 unspecified atom stereocenters. The van der Waals surface area contributed by atoms with Gasteiger partial charge in [0.1, 0.15) is 6.04 Å². The molecule has 1 rings (SSSR count). The molecule has 0 saturated carbocycles. The molecule has 0 bridgehead atoms. The Morgan fingerprint density at radius 3 is 2.71 bits per heavy atom. The number of amides is 1. The molecule has 0 spiro atoms. The molecule has 14 heavy (non-hydrogen) atoms. The average molecular weight is 200 g/mol. The first-order valence-corrected chi connectivity index (χ1v) is 4.89. The predicted octanol–water partition coefficient (Wildman–Crippen LogP) is -0.199. The third kappa shape index (κ3) is 2.45. The molecule has 0 radical (unpaired) electrons. The molecule has 1 amide bonds. The monoisotopic (exact) mass is 200 g/mol. The summed E-state index contributed by atoms with van der Waals surface area (Å²) in [6, 6.07) is -0.636. The van der Waals surface area contributed by atoms with Crippen molar-refractivity contribution in [1.82, 2.24) is 4.90 Å². The standard InChI is InChI=1S/C9H16N2O3/c10-5-4-8(12)11-6-2-1-3-7(11)9(13)14/h7H,1-6,10H2,(H,13,14). The Kier molecular flexibility index (Phi) is 3.88. The van der Waals surface area contributed by atoms with Crippen LogP contribution < -0.4 is 5.73 Å². The van der Waals surface area contributed by atoms with E-state index in [1.54, 1.807) is 0 Å². The Labute approximate surface area is 82.9 Å². The van der Waals surface area contributed by atoms with Crippen LogP contribution in [0.25, 0.3) is 0 Å². The van der Waals surface area contributed by atoms with Crippen molar-refractivity contribution in [2.45, 2.75) is 31.7 Å². The van der Waals surface area contributed by atoms with Crippen LogP contribution in [0.1, 0.15) is 25.7 Å². The number of carbonyl (C=O) groups excluding carboxylic acids is 1. The van der Waals surface area contributed by atoms with Crippen molar-refractivity contribution in [1.29, 1.82) is 0 Å². The van der Waals surface area contributed by atoms with Crippen molar-refractivity contribution in [2.75, 3.05) is 13.1 Å². The highest BCUT2D eigenvalue weighted by atomic mass is 16.4. The lowest BCUT2D eigenvalue weighted by Gasteiger charge is -2.32. The Bertz CT molecular complexity index is 230. The van der Waals surface area contributed by atoms with Crippen molar-refractivity contribution in [3.63, 3.8) is 0 Å². The van der Waals surface area contributed by atoms with Gasteiger partial charge in [0.2, 0.25) is 5.91 Å². The molecule has 1 aliphatic rings. The summed E-state index contributed by atoms with van der Waals surface area (Å²) >= 11 is 0. The van der Waals surface area contributed by atoms with Gasteiger partial charge in [0, 0.05) is 19.5 Å². The van der Waals surface area contributed by atoms with Gasteiger partial charge in [-0.1, -0.05) is 0 Å². The maximum Gasteiger partial charge on any atom is 0.326 e. The zero-order chi connectivity index (χ0) is 10.6. The Morgan fingerprint density at radius 1 is 1.43 bits per heavy atom. The van der Waals surface area contributed by atoms with Crippen LogP contribution in [0.15, 0.2) is 0 Å². The highest BCUT2D eigenvalue weighted by Crippen LogP contribution is 2.17. The second kappa shape index (κ2) is 4.95. The minimum absolute atomic E-state index is 0.139. The molecule has 0 aromatic rings. The number of carboxylic acid groups (broad SMARTS) is 1. The quantitative estimate of drug-likeness (QED) is 0.661. The van der Waals surface area contributed by atoms with E-state index in [0.29, 0.717) is 13.0 Å². The van der Waals surface area contributed by atoms with Gasteiger partial charge in [0.25, 0.3) is 0 Å². The van der Waals surface area contributed by atoms with E-state index in [0.717, 1.165) is 12.8 Å². The molecule has 1 atom stereocenters. The van der Waals surface area contributed by atoms with E-state index in [1.807, 2.05) is 0 Å². The molecule has 1 fully saturated rings. The third-order valence-corrected chi connectivity index (χ3v) is 2.47. The second-order valence-electron chi connectivity index (χ2n) is 3.48. The first-order valence-electron chi connectivity index (χ1n) is 4.89. The molecule has 5 nitrogen and oxygen atoms in total. The lowest BCUT2D eigenvalue weighted by molar-refractivity contribution is -0.152. The van der Waals surface area contributed by atoms with E-state index < -0.39 is 12.0 Å². The maximum absolute atomic E-state index is 11.5. The summed E-state index contributed by atoms with van der Waals surface area (Å²) in [6.07, 6.45) is 2.57. The summed E-state index contributed by atoms with van der Waals surface area (Å²) in [5.74, 6) is -1.05. The third-order valence-electron chi connectivity index (χ3n) is 2.47. The lowest BCUT2D eigenvalue weighted by atomic mass is 10.0. The molecule has 3 N–H and O–H groups in total. The summed E-state index contributed by atoms with van der Waals surface area (Å²) in [4.78, 5) is 23.8. The minimum Gasteiger partial charge on any atom is -0.480 e. The van der Waals surface area contributed by atoms with E-state index in [1.165, 1.54) is 4.90 Å². The van der Waals surface area contributed by atoms with E-state index in [-0.39, 0.29) is 18.9 Å². The molecule has 1 aliphatic heterocycles. The fraction of sp³-hybridized carbons (Fsp3) is 0.778. The highest BCUT2D eigenvalue weighted by Gasteiger charge is 2.31. The molecule has 1 heterocycles. The minimum atomic E-state index is -0.907. The zero-order valence-electron chi connectivity index (χ0n) is 8.11. The Morgan fingerprint density at radius 2 is 2.14 bits per heavy atom. The summed E-state index contributed by atoms with van der Waals surface area (Å²) in [7, 11) is 0. The van der Waals surface area contributed by atoms with Crippen molar-refractivity contribution in [3.05, 3.63) is 0 Å². The number of carboxylic acids is 1. The number of hydrogen-bond donors (Lipinski definition) is 2. The van der Waals surface area contributed by atoms with Crippen LogP contribution in [0.5, 0.6) is 0 Å². The number of rotatable bonds is 3. The van der Waals surface area contributed by atoms with E-state index in [2.05, 4.69) is 0 Å². The van der Waals surface area contributed by atoms with Crippen LogP contribution in [0.4, 0.5) is 0 Å². The molecule has 1 saturated heterocycles. The molecule has 0 aromatic heterocycles. The predicted molar refractivity (Wildman–Crippen MR) is 50.7 cm³/mol. The van der Waals surface area contributed by atoms with Crippen LogP contribution in [0, 0.1) is 0 Å². The van der Waals surface area contributed by atoms with E-state index in [4.69, 9.17) is 10.8 Å². The first kappa shape index (κ1) is 11.0. The molecule has 80 valence electrons. The van der Waals surface area contributed by atoms with Crippen LogP contribution >= 0.6 is 0 Å². The van der Waals surface area contributed by atoms with Gasteiger partial charge in [-0.05, 0) is 19.3 Å². The lowest BCUT2D eigenvalue weighted by Crippen LogP contribution is -2.48. The fourth-order valence-electron chi connectivity index (χ4n) is 1.75. The zero-order valence-corrected chi connectivity index (χ0v) is 8.11. The molecular weight excluding hydrogens is 184 g/mol. The van der Waals surface area contributed by atoms with Crippen molar-refractivity contribution in [3.8, 4) is 0 Å². The fourth-order valence-corrected chi connectivity index (χ4v) is 1.75. The van der Waals surface area contributed by atoms with Crippen LogP contribution in [0.3, 0.4) is 0 Å². The summed E-state index contributed by atoms with van der Waals surface area (Å²) in [6.45, 7) is 0.831. The Hall–Kier alpha value is -1.10. The van der Waals surface area contributed by atoms with Crippen molar-refractivity contribution in [2.24, 2.45) is 5.73 Å². The molecule has 5 heteroatoms. The number of likely N-dealkylation sites (tertiary alicyclic amines) is 1. The summed E-state index contributed by atoms with van der Waals surface area (Å²) in [5, 5.41) is 8.90. The highest BCUT2D eigenvalue weighted by molar-refractivity contribution is 5.83. The average Bonchev–Trinajstić information content (AvgIpc) is 2.18. The number of nitrogens with zero attached hydrogens (tertiary/aromatic N) is 1. The maximum atomic E-state index is 11.5. The normalized spacial score (nSPS) is 22.1. The van der Waals surface area contributed by atoms with Crippen molar-refractivity contribution >= 4 is 11.9 Å². The summed E-state index contributed by atoms with van der Waals surface area (Å²) in [5.41, 5.74) is 5.26. The smallest absolute Gasteiger partial charge is 0.326 e. The number of aliphatic carboxylic acids is 1. The van der Waals surface area contributed by atoms with Gasteiger partial charge in [-0.3, -0.25) is 4.79 Å². The van der Waals surface area contributed by atoms with Gasteiger partial charge in [-0.2, -0.15) is 0 Å². The van der Waals surface area contributed by atoms with Crippen molar-refractivity contribution < 1.29 is 14.7 Å². The number of hydrogen-bond acceptors (Lipinski definition) is 3. The molecular formula is C9H16N2O3. The largest absolute Gasteiger partial charge is 0.480 e. The van der Waals surface area contributed by atoms with Crippen LogP contribution in [-0.2, 0) is 9.59 Å². The van der Waals surface area contributed by atoms with Gasteiger partial charge < -0.3 is 15.7 Å². The Balaban J connectivity index is 2.62. The number of nitrogens with two attached hydrogens (primary N) is 1. The molecule has 0 aromatic carbocycles.